The average Bonchev–Trinajstić information content (AvgIpc) is 4.19. The molecule has 1 spiro atoms. The van der Waals surface area contributed by atoms with Crippen LogP contribution in [0.15, 0.2) is 67.4 Å². The highest BCUT2D eigenvalue weighted by molar-refractivity contribution is 6.09. The predicted octanol–water partition coefficient (Wildman–Crippen LogP) is 7.15. The molecule has 75 heavy (non-hydrogen) atoms. The van der Waals surface area contributed by atoms with Crippen LogP contribution in [0.25, 0.3) is 22.3 Å². The lowest BCUT2D eigenvalue weighted by Gasteiger charge is -2.48. The van der Waals surface area contributed by atoms with Gasteiger partial charge < -0.3 is 44.5 Å². The van der Waals surface area contributed by atoms with Crippen molar-refractivity contribution in [1.82, 2.24) is 44.5 Å². The van der Waals surface area contributed by atoms with Gasteiger partial charge in [-0.05, 0) is 127 Å². The number of benzene rings is 1. The number of rotatable bonds is 14. The van der Waals surface area contributed by atoms with E-state index in [2.05, 4.69) is 61.3 Å². The topological polar surface area (TPSA) is 182 Å². The van der Waals surface area contributed by atoms with Crippen molar-refractivity contribution in [2.75, 3.05) is 74.5 Å². The molecule has 1 saturated carbocycles. The molecule has 1 aromatic carbocycles. The Morgan fingerprint density at radius 2 is 1.61 bits per heavy atom. The molecule has 2 unspecified atom stereocenters. The molecule has 17 nitrogen and oxygen atoms in total. The molecule has 0 bridgehead atoms. The zero-order valence-electron chi connectivity index (χ0n) is 43.4. The first-order valence-electron chi connectivity index (χ1n) is 27.3. The number of likely N-dealkylation sites (tertiary alicyclic amines) is 3. The molecule has 6 aliphatic rings. The van der Waals surface area contributed by atoms with Gasteiger partial charge >= 0.3 is 0 Å². The minimum atomic E-state index is -0.769. The molecule has 1 aliphatic carbocycles. The number of imidazole rings is 1. The minimum absolute atomic E-state index is 0.0629. The summed E-state index contributed by atoms with van der Waals surface area (Å²) in [7, 11) is 1.59. The summed E-state index contributed by atoms with van der Waals surface area (Å²) in [4.78, 5) is 96.4. The predicted molar refractivity (Wildman–Crippen MR) is 284 cm³/mol. The van der Waals surface area contributed by atoms with Gasteiger partial charge in [0.25, 0.3) is 0 Å². The zero-order chi connectivity index (χ0) is 52.0. The number of hydrogen-bond donors (Lipinski definition) is 2. The van der Waals surface area contributed by atoms with Gasteiger partial charge in [0, 0.05) is 100 Å². The van der Waals surface area contributed by atoms with Crippen LogP contribution < -0.4 is 20.4 Å². The van der Waals surface area contributed by atoms with E-state index < -0.39 is 17.2 Å². The lowest BCUT2D eigenvalue weighted by Crippen LogP contribution is -2.58. The quantitative estimate of drug-likeness (QED) is 0.107. The largest absolute Gasteiger partial charge is 0.359 e. The number of pyridine rings is 3. The Morgan fingerprint density at radius 1 is 0.853 bits per heavy atom. The van der Waals surface area contributed by atoms with Crippen molar-refractivity contribution in [3.8, 4) is 11.3 Å². The van der Waals surface area contributed by atoms with Gasteiger partial charge in [-0.25, -0.2) is 19.3 Å². The van der Waals surface area contributed by atoms with Crippen LogP contribution in [-0.2, 0) is 29.4 Å². The van der Waals surface area contributed by atoms with E-state index in [1.165, 1.54) is 25.5 Å². The Bertz CT molecular complexity index is 2950. The van der Waals surface area contributed by atoms with Gasteiger partial charge in [0.05, 0.1) is 46.7 Å². The van der Waals surface area contributed by atoms with E-state index >= 15 is 9.18 Å². The molecular weight excluding hydrogens is 952 g/mol. The second kappa shape index (κ2) is 21.1. The number of halogens is 1. The summed E-state index contributed by atoms with van der Waals surface area (Å²) in [6.07, 6.45) is 16.3. The summed E-state index contributed by atoms with van der Waals surface area (Å²) in [5, 5.41) is 5.93. The summed E-state index contributed by atoms with van der Waals surface area (Å²) in [5.41, 5.74) is 5.13. The number of anilines is 4. The molecule has 11 rings (SSSR count). The van der Waals surface area contributed by atoms with Crippen LogP contribution in [0, 0.1) is 17.7 Å². The van der Waals surface area contributed by atoms with E-state index in [-0.39, 0.29) is 59.7 Å². The van der Waals surface area contributed by atoms with Crippen LogP contribution in [0.4, 0.5) is 27.4 Å². The molecule has 0 radical (unpaired) electrons. The third-order valence-electron chi connectivity index (χ3n) is 17.4. The molecule has 394 valence electrons. The summed E-state index contributed by atoms with van der Waals surface area (Å²) in [5.74, 6) is 0.0562. The SMILES string of the molecule is CNC(=O)C(CCC=O)c1ccc(N2CCC(C(=O)N3CCC(C(=O)N4CCC5(CC4)C(=O)N(C4CC(N6CCCCC6)C4)c4cc(-c6cc7ncn(C(C)C)c7c(Nc7ccncc7F)n6)ccc45)C3)CC2)nc1. The summed E-state index contributed by atoms with van der Waals surface area (Å²) in [6, 6.07) is 14.2. The summed E-state index contributed by atoms with van der Waals surface area (Å²) < 4.78 is 17.1. The number of nitrogens with one attached hydrogen (secondary N) is 2. The second-order valence-corrected chi connectivity index (χ2v) is 22.0. The van der Waals surface area contributed by atoms with Crippen LogP contribution in [0.2, 0.25) is 0 Å². The highest BCUT2D eigenvalue weighted by atomic mass is 19.1. The van der Waals surface area contributed by atoms with Crippen LogP contribution >= 0.6 is 0 Å². The number of piperidine rings is 3. The number of amides is 4. The molecule has 5 fully saturated rings. The normalized spacial score (nSPS) is 22.4. The van der Waals surface area contributed by atoms with Crippen LogP contribution in [-0.4, -0.2) is 141 Å². The van der Waals surface area contributed by atoms with E-state index in [4.69, 9.17) is 9.97 Å². The smallest absolute Gasteiger partial charge is 0.238 e. The van der Waals surface area contributed by atoms with Crippen LogP contribution in [0.1, 0.15) is 114 Å². The lowest BCUT2D eigenvalue weighted by molar-refractivity contribution is -0.140. The highest BCUT2D eigenvalue weighted by Crippen LogP contribution is 2.52. The Morgan fingerprint density at radius 3 is 2.32 bits per heavy atom. The fourth-order valence-corrected chi connectivity index (χ4v) is 13.0. The third kappa shape index (κ3) is 9.52. The second-order valence-electron chi connectivity index (χ2n) is 22.0. The number of carbonyl (C=O) groups is 5. The zero-order valence-corrected chi connectivity index (χ0v) is 43.4. The van der Waals surface area contributed by atoms with E-state index in [1.54, 1.807) is 31.8 Å². The molecule has 18 heteroatoms. The standard InChI is InChI=1S/C57H69FN12O5/c1-36(2)69-35-62-48-31-47(64-52(51(48)69)63-46-13-19-60-33-45(46)58)38-9-11-44-49(28-38)70(42-29-41(30-42)65-20-5-4-6-21-65)56(75)57(44)17-25-67(26-18-57)55(74)40-16-24-68(34-40)54(73)37-14-22-66(23-15-37)50-12-10-39(32-61-50)43(8-7-27-71)53(72)59-3/h9-13,19,27-28,31-33,35-37,40-43H,4-8,14-18,20-26,29-30,34H2,1-3H3,(H,59,72)(H,60,63,64). The van der Waals surface area contributed by atoms with Crippen molar-refractivity contribution < 1.29 is 28.4 Å². The molecule has 4 amide bonds. The van der Waals surface area contributed by atoms with E-state index in [0.29, 0.717) is 101 Å². The minimum Gasteiger partial charge on any atom is -0.359 e. The first kappa shape index (κ1) is 50.3. The number of hydrogen-bond acceptors (Lipinski definition) is 12. The van der Waals surface area contributed by atoms with Gasteiger partial charge in [-0.1, -0.05) is 24.6 Å². The van der Waals surface area contributed by atoms with Crippen molar-refractivity contribution in [3.05, 3.63) is 84.3 Å². The summed E-state index contributed by atoms with van der Waals surface area (Å²) in [6.45, 7) is 9.57. The van der Waals surface area contributed by atoms with Crippen molar-refractivity contribution in [1.29, 1.82) is 0 Å². The van der Waals surface area contributed by atoms with E-state index in [1.807, 2.05) is 38.6 Å². The average molecular weight is 1020 g/mol. The molecule has 9 heterocycles. The van der Waals surface area contributed by atoms with Crippen molar-refractivity contribution in [2.45, 2.75) is 120 Å². The highest BCUT2D eigenvalue weighted by Gasteiger charge is 2.56. The monoisotopic (exact) mass is 1020 g/mol. The maximum atomic E-state index is 15.3. The molecule has 5 aromatic rings. The molecule has 5 aliphatic heterocycles. The number of aldehydes is 1. The Labute approximate surface area is 437 Å². The fraction of sp³-hybridized carbons (Fsp3) is 0.526. The molecule has 2 N–H and O–H groups in total. The van der Waals surface area contributed by atoms with E-state index in [9.17, 15) is 19.2 Å². The van der Waals surface area contributed by atoms with Gasteiger partial charge in [-0.2, -0.15) is 0 Å². The maximum absolute atomic E-state index is 15.3. The van der Waals surface area contributed by atoms with Gasteiger partial charge in [0.15, 0.2) is 11.6 Å². The molecule has 2 atom stereocenters. The van der Waals surface area contributed by atoms with Gasteiger partial charge in [-0.15, -0.1) is 0 Å². The van der Waals surface area contributed by atoms with E-state index in [0.717, 1.165) is 65.9 Å². The number of carbonyl (C=O) groups excluding carboxylic acids is 5. The summed E-state index contributed by atoms with van der Waals surface area (Å²) >= 11 is 0. The van der Waals surface area contributed by atoms with Gasteiger partial charge in [-0.3, -0.25) is 24.2 Å². The lowest BCUT2D eigenvalue weighted by atomic mass is 9.73. The van der Waals surface area contributed by atoms with Gasteiger partial charge in [0.2, 0.25) is 23.6 Å². The number of aromatic nitrogens is 5. The number of likely N-dealkylation sites (N-methyl/N-ethyl adjacent to an activating group) is 1. The van der Waals surface area contributed by atoms with Crippen molar-refractivity contribution >= 4 is 64.0 Å². The first-order valence-corrected chi connectivity index (χ1v) is 27.3. The number of nitrogens with zero attached hydrogens (tertiary/aromatic N) is 10. The molecular formula is C57H69FN12O5. The number of fused-ring (bicyclic) bond motifs is 3. The molecule has 4 saturated heterocycles. The van der Waals surface area contributed by atoms with Gasteiger partial charge in [0.1, 0.15) is 17.6 Å². The third-order valence-corrected chi connectivity index (χ3v) is 17.4. The Hall–Kier alpha value is -6.82. The Balaban J connectivity index is 0.771. The first-order chi connectivity index (χ1) is 36.4. The van der Waals surface area contributed by atoms with Crippen LogP contribution in [0.5, 0.6) is 0 Å². The fourth-order valence-electron chi connectivity index (χ4n) is 13.0. The maximum Gasteiger partial charge on any atom is 0.238 e. The Kier molecular flexibility index (Phi) is 14.1. The van der Waals surface area contributed by atoms with Crippen molar-refractivity contribution in [3.63, 3.8) is 0 Å². The van der Waals surface area contributed by atoms with Crippen molar-refractivity contribution in [2.24, 2.45) is 11.8 Å². The van der Waals surface area contributed by atoms with Crippen LogP contribution in [0.3, 0.4) is 0 Å². The molecule has 4 aromatic heterocycles.